The van der Waals surface area contributed by atoms with Crippen LogP contribution in [0.2, 0.25) is 0 Å². The van der Waals surface area contributed by atoms with Gasteiger partial charge in [-0.25, -0.2) is 0 Å². The number of methoxy groups -OCH3 is 1. The van der Waals surface area contributed by atoms with Gasteiger partial charge in [-0.1, -0.05) is 19.1 Å². The normalized spacial score (nSPS) is 19.5. The summed E-state index contributed by atoms with van der Waals surface area (Å²) in [5.74, 6) is -0.349. The van der Waals surface area contributed by atoms with Crippen molar-refractivity contribution in [2.75, 3.05) is 20.2 Å². The fourth-order valence-electron chi connectivity index (χ4n) is 2.86. The first-order valence-corrected chi connectivity index (χ1v) is 7.65. The predicted octanol–water partition coefficient (Wildman–Crippen LogP) is 2.51. The molecule has 22 heavy (non-hydrogen) atoms. The molecule has 2 rings (SSSR count). The molecule has 0 spiro atoms. The number of carboxylic acids is 1. The molecule has 1 amide bonds. The second-order valence-electron chi connectivity index (χ2n) is 5.90. The number of hydrogen-bond donors (Lipinski definition) is 1. The third-order valence-corrected chi connectivity index (χ3v) is 4.27. The summed E-state index contributed by atoms with van der Waals surface area (Å²) in [7, 11) is 1.62. The van der Waals surface area contributed by atoms with E-state index in [1.165, 1.54) is 0 Å². The first kappa shape index (κ1) is 16.3. The zero-order valence-electron chi connectivity index (χ0n) is 13.1. The molecular formula is C17H23NO4. The van der Waals surface area contributed by atoms with E-state index < -0.39 is 11.9 Å². The lowest BCUT2D eigenvalue weighted by atomic mass is 9.94. The molecule has 1 aromatic carbocycles. The van der Waals surface area contributed by atoms with Crippen molar-refractivity contribution >= 4 is 11.9 Å². The van der Waals surface area contributed by atoms with Crippen molar-refractivity contribution in [3.8, 4) is 5.75 Å². The lowest BCUT2D eigenvalue weighted by molar-refractivity contribution is -0.145. The minimum absolute atomic E-state index is 0.0290. The molecule has 1 unspecified atom stereocenters. The van der Waals surface area contributed by atoms with Crippen LogP contribution in [0.4, 0.5) is 0 Å². The second kappa shape index (κ2) is 7.29. The Hall–Kier alpha value is -2.04. The number of carbonyl (C=O) groups excluding carboxylic acids is 1. The van der Waals surface area contributed by atoms with Crippen LogP contribution in [0, 0.1) is 5.92 Å². The van der Waals surface area contributed by atoms with Gasteiger partial charge in [0.2, 0.25) is 5.91 Å². The van der Waals surface area contributed by atoms with Crippen LogP contribution in [-0.2, 0) is 9.59 Å². The number of benzene rings is 1. The first-order chi connectivity index (χ1) is 10.5. The summed E-state index contributed by atoms with van der Waals surface area (Å²) in [6.07, 6.45) is 1.81. The van der Waals surface area contributed by atoms with E-state index in [0.29, 0.717) is 25.9 Å². The van der Waals surface area contributed by atoms with Crippen LogP contribution in [-0.4, -0.2) is 42.1 Å². The number of likely N-dealkylation sites (tertiary alicyclic amines) is 1. The van der Waals surface area contributed by atoms with E-state index in [1.54, 1.807) is 12.0 Å². The molecule has 0 radical (unpaired) electrons. The van der Waals surface area contributed by atoms with Gasteiger partial charge in [0.25, 0.3) is 0 Å². The van der Waals surface area contributed by atoms with Crippen molar-refractivity contribution < 1.29 is 19.4 Å². The van der Waals surface area contributed by atoms with Crippen LogP contribution in [0.25, 0.3) is 0 Å². The molecule has 0 aliphatic carbocycles. The highest BCUT2D eigenvalue weighted by molar-refractivity contribution is 5.78. The van der Waals surface area contributed by atoms with Crippen molar-refractivity contribution in [3.05, 3.63) is 29.8 Å². The molecular weight excluding hydrogens is 282 g/mol. The number of ether oxygens (including phenoxy) is 1. The highest BCUT2D eigenvalue weighted by Gasteiger charge is 2.28. The Morgan fingerprint density at radius 3 is 2.91 bits per heavy atom. The third kappa shape index (κ3) is 4.00. The predicted molar refractivity (Wildman–Crippen MR) is 83.0 cm³/mol. The fraction of sp³-hybridized carbons (Fsp3) is 0.529. The molecule has 1 aliphatic rings. The molecule has 0 saturated carbocycles. The summed E-state index contributed by atoms with van der Waals surface area (Å²) in [5.41, 5.74) is 1.06. The minimum Gasteiger partial charge on any atom is -0.497 e. The van der Waals surface area contributed by atoms with Gasteiger partial charge in [0.1, 0.15) is 5.75 Å². The monoisotopic (exact) mass is 305 g/mol. The lowest BCUT2D eigenvalue weighted by Crippen LogP contribution is -2.42. The molecule has 2 atom stereocenters. The zero-order chi connectivity index (χ0) is 16.1. The Labute approximate surface area is 130 Å². The SMILES string of the molecule is COc1cccc(C(C)CC(=O)N2CCC[C@H](C(=O)O)C2)c1. The van der Waals surface area contributed by atoms with Crippen molar-refractivity contribution in [2.45, 2.75) is 32.1 Å². The lowest BCUT2D eigenvalue weighted by Gasteiger charge is -2.31. The summed E-state index contributed by atoms with van der Waals surface area (Å²) < 4.78 is 5.21. The van der Waals surface area contributed by atoms with E-state index in [1.807, 2.05) is 31.2 Å². The molecule has 120 valence electrons. The van der Waals surface area contributed by atoms with Crippen molar-refractivity contribution in [1.29, 1.82) is 0 Å². The minimum atomic E-state index is -0.807. The molecule has 5 nitrogen and oxygen atoms in total. The Bertz CT molecular complexity index is 543. The average Bonchev–Trinajstić information content (AvgIpc) is 2.54. The second-order valence-corrected chi connectivity index (χ2v) is 5.90. The Morgan fingerprint density at radius 2 is 2.23 bits per heavy atom. The topological polar surface area (TPSA) is 66.8 Å². The molecule has 1 N–H and O–H groups in total. The summed E-state index contributed by atoms with van der Waals surface area (Å²) in [5, 5.41) is 9.10. The molecule has 5 heteroatoms. The maximum atomic E-state index is 12.4. The van der Waals surface area contributed by atoms with Gasteiger partial charge in [-0.05, 0) is 36.5 Å². The van der Waals surface area contributed by atoms with Gasteiger partial charge < -0.3 is 14.7 Å². The third-order valence-electron chi connectivity index (χ3n) is 4.27. The Morgan fingerprint density at radius 1 is 1.45 bits per heavy atom. The average molecular weight is 305 g/mol. The molecule has 0 aromatic heterocycles. The van der Waals surface area contributed by atoms with Crippen molar-refractivity contribution in [3.63, 3.8) is 0 Å². The van der Waals surface area contributed by atoms with E-state index >= 15 is 0 Å². The maximum absolute atomic E-state index is 12.4. The van der Waals surface area contributed by atoms with Gasteiger partial charge in [-0.15, -0.1) is 0 Å². The van der Waals surface area contributed by atoms with Crippen LogP contribution in [0.1, 0.15) is 37.7 Å². The van der Waals surface area contributed by atoms with E-state index in [2.05, 4.69) is 0 Å². The summed E-state index contributed by atoms with van der Waals surface area (Å²) >= 11 is 0. The maximum Gasteiger partial charge on any atom is 0.308 e. The number of nitrogens with zero attached hydrogens (tertiary/aromatic N) is 1. The van der Waals surface area contributed by atoms with E-state index in [-0.39, 0.29) is 11.8 Å². The highest BCUT2D eigenvalue weighted by atomic mass is 16.5. The van der Waals surface area contributed by atoms with E-state index in [0.717, 1.165) is 17.7 Å². The number of amides is 1. The number of rotatable bonds is 5. The smallest absolute Gasteiger partial charge is 0.308 e. The molecule has 1 aromatic rings. The van der Waals surface area contributed by atoms with Gasteiger partial charge in [-0.3, -0.25) is 9.59 Å². The highest BCUT2D eigenvalue weighted by Crippen LogP contribution is 2.25. The standard InChI is InChI=1S/C17H23NO4/c1-12(13-5-3-7-15(10-13)22-2)9-16(19)18-8-4-6-14(11-18)17(20)21/h3,5,7,10,12,14H,4,6,8-9,11H2,1-2H3,(H,20,21)/t12?,14-/m0/s1. The number of carbonyl (C=O) groups is 2. The van der Waals surface area contributed by atoms with Gasteiger partial charge in [-0.2, -0.15) is 0 Å². The van der Waals surface area contributed by atoms with Crippen LogP contribution in [0.5, 0.6) is 5.75 Å². The molecule has 0 bridgehead atoms. The van der Waals surface area contributed by atoms with Crippen molar-refractivity contribution in [2.24, 2.45) is 5.92 Å². The van der Waals surface area contributed by atoms with Gasteiger partial charge in [0.15, 0.2) is 0 Å². The molecule has 1 heterocycles. The first-order valence-electron chi connectivity index (χ1n) is 7.65. The molecule has 1 aliphatic heterocycles. The van der Waals surface area contributed by atoms with Crippen LogP contribution in [0.3, 0.4) is 0 Å². The fourth-order valence-corrected chi connectivity index (χ4v) is 2.86. The van der Waals surface area contributed by atoms with Gasteiger partial charge >= 0.3 is 5.97 Å². The van der Waals surface area contributed by atoms with Crippen LogP contribution in [0.15, 0.2) is 24.3 Å². The van der Waals surface area contributed by atoms with Gasteiger partial charge in [0, 0.05) is 19.5 Å². The van der Waals surface area contributed by atoms with E-state index in [9.17, 15) is 9.59 Å². The van der Waals surface area contributed by atoms with Gasteiger partial charge in [0.05, 0.1) is 13.0 Å². The largest absolute Gasteiger partial charge is 0.497 e. The van der Waals surface area contributed by atoms with Crippen LogP contribution >= 0.6 is 0 Å². The quantitative estimate of drug-likeness (QED) is 0.907. The molecule has 1 fully saturated rings. The van der Waals surface area contributed by atoms with Crippen LogP contribution < -0.4 is 4.74 Å². The summed E-state index contributed by atoms with van der Waals surface area (Å²) in [6.45, 7) is 3.00. The Balaban J connectivity index is 1.97. The number of carboxylic acid groups (broad SMARTS) is 1. The summed E-state index contributed by atoms with van der Waals surface area (Å²) in [6, 6.07) is 7.71. The number of aliphatic carboxylic acids is 1. The summed E-state index contributed by atoms with van der Waals surface area (Å²) in [4.78, 5) is 25.2. The van der Waals surface area contributed by atoms with E-state index in [4.69, 9.17) is 9.84 Å². The molecule has 1 saturated heterocycles. The number of piperidine rings is 1. The van der Waals surface area contributed by atoms with Crippen molar-refractivity contribution in [1.82, 2.24) is 4.90 Å². The zero-order valence-corrected chi connectivity index (χ0v) is 13.1. The Kier molecular flexibility index (Phi) is 5.41. The number of hydrogen-bond acceptors (Lipinski definition) is 3.